The first-order valence-electron chi connectivity index (χ1n) is 8.99. The zero-order valence-corrected chi connectivity index (χ0v) is 15.9. The van der Waals surface area contributed by atoms with E-state index in [2.05, 4.69) is 32.2 Å². The summed E-state index contributed by atoms with van der Waals surface area (Å²) in [5, 5.41) is 13.3. The Morgan fingerprint density at radius 3 is 2.68 bits per heavy atom. The molecule has 3 rings (SSSR count). The maximum absolute atomic E-state index is 12.6. The number of nitriles is 1. The SMILES string of the molecule is CC[C@@H]1CCc2c(sc(NC(=O)c3ccc(C(C)C)cc3)c2C#N)C1. The molecular formula is C21H24N2OS. The van der Waals surface area contributed by atoms with Crippen molar-refractivity contribution < 1.29 is 4.79 Å². The monoisotopic (exact) mass is 352 g/mol. The molecule has 1 amide bonds. The van der Waals surface area contributed by atoms with Gasteiger partial charge in [-0.25, -0.2) is 0 Å². The molecule has 0 saturated carbocycles. The van der Waals surface area contributed by atoms with Crippen molar-refractivity contribution in [1.82, 2.24) is 0 Å². The number of amides is 1. The molecule has 1 aromatic heterocycles. The molecular weight excluding hydrogens is 328 g/mol. The molecule has 0 unspecified atom stereocenters. The lowest BCUT2D eigenvalue weighted by Gasteiger charge is -2.20. The first-order chi connectivity index (χ1) is 12.0. The molecule has 0 bridgehead atoms. The first-order valence-corrected chi connectivity index (χ1v) is 9.81. The van der Waals surface area contributed by atoms with Gasteiger partial charge in [0.1, 0.15) is 11.1 Å². The minimum atomic E-state index is -0.141. The summed E-state index contributed by atoms with van der Waals surface area (Å²) in [5.41, 5.74) is 3.67. The molecule has 0 radical (unpaired) electrons. The Bertz CT molecular complexity index is 812. The third kappa shape index (κ3) is 3.62. The highest BCUT2D eigenvalue weighted by Gasteiger charge is 2.25. The molecule has 1 aromatic carbocycles. The maximum atomic E-state index is 12.6. The second kappa shape index (κ2) is 7.41. The largest absolute Gasteiger partial charge is 0.312 e. The number of benzene rings is 1. The number of nitrogens with zero attached hydrogens (tertiary/aromatic N) is 1. The fourth-order valence-electron chi connectivity index (χ4n) is 3.40. The van der Waals surface area contributed by atoms with Crippen LogP contribution in [0.2, 0.25) is 0 Å². The second-order valence-electron chi connectivity index (χ2n) is 7.07. The summed E-state index contributed by atoms with van der Waals surface area (Å²) in [6.07, 6.45) is 4.29. The highest BCUT2D eigenvalue weighted by molar-refractivity contribution is 7.16. The van der Waals surface area contributed by atoms with Crippen LogP contribution < -0.4 is 5.32 Å². The summed E-state index contributed by atoms with van der Waals surface area (Å²) in [6.45, 7) is 6.49. The first kappa shape index (κ1) is 17.7. The molecule has 0 aliphatic heterocycles. The fraction of sp³-hybridized carbons (Fsp3) is 0.429. The van der Waals surface area contributed by atoms with Crippen molar-refractivity contribution in [3.05, 3.63) is 51.4 Å². The quantitative estimate of drug-likeness (QED) is 0.788. The van der Waals surface area contributed by atoms with E-state index in [1.54, 1.807) is 11.3 Å². The van der Waals surface area contributed by atoms with Crippen LogP contribution in [-0.4, -0.2) is 5.91 Å². The van der Waals surface area contributed by atoms with Gasteiger partial charge in [0.25, 0.3) is 5.91 Å². The summed E-state index contributed by atoms with van der Waals surface area (Å²) in [4.78, 5) is 13.9. The number of nitrogens with one attached hydrogen (secondary N) is 1. The maximum Gasteiger partial charge on any atom is 0.256 e. The van der Waals surface area contributed by atoms with E-state index in [-0.39, 0.29) is 5.91 Å². The highest BCUT2D eigenvalue weighted by atomic mass is 32.1. The van der Waals surface area contributed by atoms with Gasteiger partial charge in [-0.1, -0.05) is 39.3 Å². The Kier molecular flexibility index (Phi) is 5.24. The molecule has 0 saturated heterocycles. The minimum Gasteiger partial charge on any atom is -0.312 e. The van der Waals surface area contributed by atoms with Crippen LogP contribution in [0, 0.1) is 17.2 Å². The molecule has 1 heterocycles. The van der Waals surface area contributed by atoms with Crippen molar-refractivity contribution >= 4 is 22.2 Å². The number of carbonyl (C=O) groups excluding carboxylic acids is 1. The van der Waals surface area contributed by atoms with Gasteiger partial charge in [0.2, 0.25) is 0 Å². The zero-order chi connectivity index (χ0) is 18.0. The Balaban J connectivity index is 1.82. The standard InChI is InChI=1S/C21H24N2OS/c1-4-14-5-10-17-18(12-22)21(25-19(17)11-14)23-20(24)16-8-6-15(7-9-16)13(2)3/h6-9,13-14H,4-5,10-11H2,1-3H3,(H,23,24)/t14-/m1/s1. The molecule has 1 aliphatic rings. The molecule has 0 spiro atoms. The summed E-state index contributed by atoms with van der Waals surface area (Å²) in [5.74, 6) is 1.00. The van der Waals surface area contributed by atoms with Crippen LogP contribution >= 0.6 is 11.3 Å². The van der Waals surface area contributed by atoms with Gasteiger partial charge in [-0.15, -0.1) is 11.3 Å². The topological polar surface area (TPSA) is 52.9 Å². The second-order valence-corrected chi connectivity index (χ2v) is 8.17. The predicted octanol–water partition coefficient (Wildman–Crippen LogP) is 5.51. The van der Waals surface area contributed by atoms with Crippen LogP contribution in [0.5, 0.6) is 0 Å². The number of hydrogen-bond donors (Lipinski definition) is 1. The Labute approximate surface area is 153 Å². The van der Waals surface area contributed by atoms with Gasteiger partial charge >= 0.3 is 0 Å². The van der Waals surface area contributed by atoms with E-state index >= 15 is 0 Å². The van der Waals surface area contributed by atoms with Gasteiger partial charge in [0, 0.05) is 10.4 Å². The number of anilines is 1. The third-order valence-corrected chi connectivity index (χ3v) is 6.29. The Morgan fingerprint density at radius 1 is 1.36 bits per heavy atom. The van der Waals surface area contributed by atoms with Crippen LogP contribution in [0.1, 0.15) is 71.5 Å². The normalized spacial score (nSPS) is 16.4. The minimum absolute atomic E-state index is 0.141. The summed E-state index contributed by atoms with van der Waals surface area (Å²) in [6, 6.07) is 10.0. The average Bonchev–Trinajstić information content (AvgIpc) is 2.97. The van der Waals surface area contributed by atoms with Crippen LogP contribution in [-0.2, 0) is 12.8 Å². The Hall–Kier alpha value is -2.12. The highest BCUT2D eigenvalue weighted by Crippen LogP contribution is 2.40. The molecule has 130 valence electrons. The Morgan fingerprint density at radius 2 is 2.08 bits per heavy atom. The molecule has 0 fully saturated rings. The summed E-state index contributed by atoms with van der Waals surface area (Å²) >= 11 is 1.58. The van der Waals surface area contributed by atoms with Crippen LogP contribution in [0.25, 0.3) is 0 Å². The lowest BCUT2D eigenvalue weighted by Crippen LogP contribution is -2.13. The van der Waals surface area contributed by atoms with Crippen LogP contribution in [0.4, 0.5) is 5.00 Å². The fourth-order valence-corrected chi connectivity index (χ4v) is 4.71. The molecule has 1 N–H and O–H groups in total. The molecule has 1 atom stereocenters. The number of hydrogen-bond acceptors (Lipinski definition) is 3. The van der Waals surface area contributed by atoms with E-state index in [0.29, 0.717) is 28.0 Å². The number of rotatable bonds is 4. The molecule has 2 aromatic rings. The molecule has 25 heavy (non-hydrogen) atoms. The van der Waals surface area contributed by atoms with E-state index in [0.717, 1.165) is 24.8 Å². The number of fused-ring (bicyclic) bond motifs is 1. The lowest BCUT2D eigenvalue weighted by atomic mass is 9.86. The van der Waals surface area contributed by atoms with E-state index in [9.17, 15) is 10.1 Å². The van der Waals surface area contributed by atoms with E-state index < -0.39 is 0 Å². The van der Waals surface area contributed by atoms with Crippen molar-refractivity contribution in [2.75, 3.05) is 5.32 Å². The van der Waals surface area contributed by atoms with Crippen molar-refractivity contribution in [2.45, 2.75) is 52.4 Å². The van der Waals surface area contributed by atoms with Gasteiger partial charge in [-0.3, -0.25) is 4.79 Å². The van der Waals surface area contributed by atoms with Crippen molar-refractivity contribution in [3.8, 4) is 6.07 Å². The van der Waals surface area contributed by atoms with Gasteiger partial charge in [0.05, 0.1) is 5.56 Å². The number of carbonyl (C=O) groups is 1. The summed E-state index contributed by atoms with van der Waals surface area (Å²) < 4.78 is 0. The smallest absolute Gasteiger partial charge is 0.256 e. The van der Waals surface area contributed by atoms with E-state index in [1.807, 2.05) is 24.3 Å². The van der Waals surface area contributed by atoms with Crippen LogP contribution in [0.3, 0.4) is 0 Å². The van der Waals surface area contributed by atoms with Crippen molar-refractivity contribution in [3.63, 3.8) is 0 Å². The third-order valence-electron chi connectivity index (χ3n) is 5.12. The van der Waals surface area contributed by atoms with Gasteiger partial charge in [-0.2, -0.15) is 5.26 Å². The van der Waals surface area contributed by atoms with E-state index in [1.165, 1.54) is 16.9 Å². The zero-order valence-electron chi connectivity index (χ0n) is 15.1. The number of thiophene rings is 1. The molecule has 1 aliphatic carbocycles. The van der Waals surface area contributed by atoms with Crippen molar-refractivity contribution in [2.24, 2.45) is 5.92 Å². The summed E-state index contributed by atoms with van der Waals surface area (Å²) in [7, 11) is 0. The van der Waals surface area contributed by atoms with Crippen molar-refractivity contribution in [1.29, 1.82) is 5.26 Å². The van der Waals surface area contributed by atoms with Crippen LogP contribution in [0.15, 0.2) is 24.3 Å². The van der Waals surface area contributed by atoms with Gasteiger partial charge in [0.15, 0.2) is 0 Å². The molecule has 3 nitrogen and oxygen atoms in total. The average molecular weight is 353 g/mol. The predicted molar refractivity (Wildman–Crippen MR) is 103 cm³/mol. The van der Waals surface area contributed by atoms with Gasteiger partial charge < -0.3 is 5.32 Å². The van der Waals surface area contributed by atoms with E-state index in [4.69, 9.17) is 0 Å². The molecule has 4 heteroatoms. The lowest BCUT2D eigenvalue weighted by molar-refractivity contribution is 0.102. The van der Waals surface area contributed by atoms with Gasteiger partial charge in [-0.05, 0) is 54.4 Å².